The standard InChI is InChI=1S/C15H18FNO4/c16-13-5-3-11(4-6-13)7-17(8-15(19)20)14(18)10-21-9-12-1-2-12/h3-6,12H,1-2,7-10H2,(H,19,20). The minimum Gasteiger partial charge on any atom is -0.480 e. The number of carbonyl (C=O) groups is 2. The molecular weight excluding hydrogens is 277 g/mol. The van der Waals surface area contributed by atoms with E-state index in [1.165, 1.54) is 29.2 Å². The second-order valence-electron chi connectivity index (χ2n) is 5.23. The number of carboxylic acid groups (broad SMARTS) is 1. The number of amides is 1. The van der Waals surface area contributed by atoms with Crippen molar-refractivity contribution in [3.8, 4) is 0 Å². The first kappa shape index (κ1) is 15.4. The quantitative estimate of drug-likeness (QED) is 0.792. The zero-order valence-corrected chi connectivity index (χ0v) is 11.6. The normalized spacial score (nSPS) is 14.0. The molecule has 0 saturated heterocycles. The lowest BCUT2D eigenvalue weighted by Crippen LogP contribution is -2.37. The Labute approximate surface area is 122 Å². The first-order valence-corrected chi connectivity index (χ1v) is 6.86. The third-order valence-corrected chi connectivity index (χ3v) is 3.24. The SMILES string of the molecule is O=C(O)CN(Cc1ccc(F)cc1)C(=O)COCC1CC1. The third-order valence-electron chi connectivity index (χ3n) is 3.24. The van der Waals surface area contributed by atoms with Gasteiger partial charge in [0.1, 0.15) is 19.0 Å². The van der Waals surface area contributed by atoms with Crippen LogP contribution >= 0.6 is 0 Å². The zero-order chi connectivity index (χ0) is 15.2. The van der Waals surface area contributed by atoms with E-state index in [0.717, 1.165) is 12.8 Å². The lowest BCUT2D eigenvalue weighted by atomic mass is 10.2. The maximum absolute atomic E-state index is 12.8. The van der Waals surface area contributed by atoms with E-state index in [0.29, 0.717) is 18.1 Å². The van der Waals surface area contributed by atoms with Crippen molar-refractivity contribution < 1.29 is 23.8 Å². The molecule has 0 unspecified atom stereocenters. The van der Waals surface area contributed by atoms with Crippen molar-refractivity contribution >= 4 is 11.9 Å². The van der Waals surface area contributed by atoms with Crippen molar-refractivity contribution in [3.63, 3.8) is 0 Å². The van der Waals surface area contributed by atoms with Gasteiger partial charge in [-0.3, -0.25) is 9.59 Å². The number of carbonyl (C=O) groups excluding carboxylic acids is 1. The molecule has 0 bridgehead atoms. The fraction of sp³-hybridized carbons (Fsp3) is 0.467. The predicted molar refractivity (Wildman–Crippen MR) is 73.0 cm³/mol. The molecule has 0 atom stereocenters. The van der Waals surface area contributed by atoms with Crippen LogP contribution in [0.2, 0.25) is 0 Å². The molecule has 0 heterocycles. The van der Waals surface area contributed by atoms with E-state index in [4.69, 9.17) is 9.84 Å². The van der Waals surface area contributed by atoms with Crippen LogP contribution < -0.4 is 0 Å². The molecule has 0 radical (unpaired) electrons. The number of nitrogens with zero attached hydrogens (tertiary/aromatic N) is 1. The van der Waals surface area contributed by atoms with Crippen LogP contribution in [-0.4, -0.2) is 41.6 Å². The molecule has 1 aliphatic rings. The summed E-state index contributed by atoms with van der Waals surface area (Å²) in [5.41, 5.74) is 0.674. The van der Waals surface area contributed by atoms with Crippen molar-refractivity contribution in [3.05, 3.63) is 35.6 Å². The van der Waals surface area contributed by atoms with Gasteiger partial charge in [0.2, 0.25) is 5.91 Å². The molecule has 1 aliphatic carbocycles. The Morgan fingerprint density at radius 2 is 1.95 bits per heavy atom. The smallest absolute Gasteiger partial charge is 0.323 e. The number of aliphatic carboxylic acids is 1. The fourth-order valence-corrected chi connectivity index (χ4v) is 1.89. The summed E-state index contributed by atoms with van der Waals surface area (Å²) in [5.74, 6) is -1.29. The highest BCUT2D eigenvalue weighted by Crippen LogP contribution is 2.28. The predicted octanol–water partition coefficient (Wildman–Crippen LogP) is 1.67. The number of halogens is 1. The number of benzene rings is 1. The molecular formula is C15H18FNO4. The average molecular weight is 295 g/mol. The lowest BCUT2D eigenvalue weighted by Gasteiger charge is -2.20. The Morgan fingerprint density at radius 3 is 2.52 bits per heavy atom. The Bertz CT molecular complexity index is 499. The van der Waals surface area contributed by atoms with Crippen molar-refractivity contribution in [2.24, 2.45) is 5.92 Å². The molecule has 2 rings (SSSR count). The van der Waals surface area contributed by atoms with Gasteiger partial charge in [-0.2, -0.15) is 0 Å². The Hall–Kier alpha value is -1.95. The van der Waals surface area contributed by atoms with Crippen LogP contribution in [0.4, 0.5) is 4.39 Å². The minimum atomic E-state index is -1.09. The van der Waals surface area contributed by atoms with Gasteiger partial charge < -0.3 is 14.7 Å². The van der Waals surface area contributed by atoms with Crippen LogP contribution in [0.25, 0.3) is 0 Å². The molecule has 1 fully saturated rings. The van der Waals surface area contributed by atoms with Crippen LogP contribution in [0.15, 0.2) is 24.3 Å². The molecule has 1 N–H and O–H groups in total. The van der Waals surface area contributed by atoms with Crippen LogP contribution in [0.5, 0.6) is 0 Å². The lowest BCUT2D eigenvalue weighted by molar-refractivity contribution is -0.147. The summed E-state index contributed by atoms with van der Waals surface area (Å²) in [5, 5.41) is 8.88. The van der Waals surface area contributed by atoms with E-state index < -0.39 is 12.5 Å². The first-order valence-electron chi connectivity index (χ1n) is 6.86. The molecule has 1 aromatic carbocycles. The monoisotopic (exact) mass is 295 g/mol. The number of ether oxygens (including phenoxy) is 1. The van der Waals surface area contributed by atoms with Gasteiger partial charge in [-0.15, -0.1) is 0 Å². The van der Waals surface area contributed by atoms with Crippen molar-refractivity contribution in [2.75, 3.05) is 19.8 Å². The van der Waals surface area contributed by atoms with Gasteiger partial charge in [0.15, 0.2) is 0 Å². The number of hydrogen-bond donors (Lipinski definition) is 1. The maximum atomic E-state index is 12.8. The van der Waals surface area contributed by atoms with Gasteiger partial charge >= 0.3 is 5.97 Å². The topological polar surface area (TPSA) is 66.8 Å². The Kier molecular flexibility index (Phi) is 5.27. The highest BCUT2D eigenvalue weighted by atomic mass is 19.1. The summed E-state index contributed by atoms with van der Waals surface area (Å²) < 4.78 is 18.1. The van der Waals surface area contributed by atoms with E-state index in [-0.39, 0.29) is 24.9 Å². The average Bonchev–Trinajstić information content (AvgIpc) is 3.24. The molecule has 6 heteroatoms. The van der Waals surface area contributed by atoms with Gasteiger partial charge in [0.25, 0.3) is 0 Å². The second-order valence-corrected chi connectivity index (χ2v) is 5.23. The molecule has 0 aromatic heterocycles. The zero-order valence-electron chi connectivity index (χ0n) is 11.6. The fourth-order valence-electron chi connectivity index (χ4n) is 1.89. The Morgan fingerprint density at radius 1 is 1.29 bits per heavy atom. The summed E-state index contributed by atoms with van der Waals surface area (Å²) in [6, 6.07) is 5.62. The van der Waals surface area contributed by atoms with Gasteiger partial charge in [-0.25, -0.2) is 4.39 Å². The van der Waals surface area contributed by atoms with Crippen LogP contribution in [-0.2, 0) is 20.9 Å². The van der Waals surface area contributed by atoms with Gasteiger partial charge in [0, 0.05) is 6.54 Å². The maximum Gasteiger partial charge on any atom is 0.323 e. The highest BCUT2D eigenvalue weighted by Gasteiger charge is 2.23. The summed E-state index contributed by atoms with van der Waals surface area (Å²) in [6.07, 6.45) is 2.26. The van der Waals surface area contributed by atoms with Crippen LogP contribution in [0, 0.1) is 11.7 Å². The number of hydrogen-bond acceptors (Lipinski definition) is 3. The molecule has 21 heavy (non-hydrogen) atoms. The second kappa shape index (κ2) is 7.17. The Balaban J connectivity index is 1.90. The van der Waals surface area contributed by atoms with E-state index in [9.17, 15) is 14.0 Å². The molecule has 1 amide bonds. The molecule has 5 nitrogen and oxygen atoms in total. The van der Waals surface area contributed by atoms with E-state index in [1.54, 1.807) is 0 Å². The minimum absolute atomic E-state index is 0.120. The van der Waals surface area contributed by atoms with Crippen molar-refractivity contribution in [1.82, 2.24) is 4.90 Å². The first-order chi connectivity index (χ1) is 10.0. The van der Waals surface area contributed by atoms with E-state index >= 15 is 0 Å². The largest absolute Gasteiger partial charge is 0.480 e. The third kappa shape index (κ3) is 5.51. The summed E-state index contributed by atoms with van der Waals surface area (Å²) >= 11 is 0. The number of carboxylic acids is 1. The van der Waals surface area contributed by atoms with Gasteiger partial charge in [-0.1, -0.05) is 12.1 Å². The highest BCUT2D eigenvalue weighted by molar-refractivity contribution is 5.82. The van der Waals surface area contributed by atoms with Crippen molar-refractivity contribution in [2.45, 2.75) is 19.4 Å². The molecule has 0 aliphatic heterocycles. The molecule has 0 spiro atoms. The van der Waals surface area contributed by atoms with Crippen LogP contribution in [0.3, 0.4) is 0 Å². The van der Waals surface area contributed by atoms with Crippen molar-refractivity contribution in [1.29, 1.82) is 0 Å². The molecule has 1 saturated carbocycles. The van der Waals surface area contributed by atoms with Gasteiger partial charge in [0.05, 0.1) is 6.61 Å². The van der Waals surface area contributed by atoms with E-state index in [1.807, 2.05) is 0 Å². The number of rotatable bonds is 8. The van der Waals surface area contributed by atoms with Crippen LogP contribution in [0.1, 0.15) is 18.4 Å². The summed E-state index contributed by atoms with van der Waals surface area (Å²) in [6.45, 7) is 0.148. The molecule has 114 valence electrons. The van der Waals surface area contributed by atoms with E-state index in [2.05, 4.69) is 0 Å². The summed E-state index contributed by atoms with van der Waals surface area (Å²) in [4.78, 5) is 24.1. The summed E-state index contributed by atoms with van der Waals surface area (Å²) in [7, 11) is 0. The van der Waals surface area contributed by atoms with Gasteiger partial charge in [-0.05, 0) is 36.5 Å². The molecule has 1 aromatic rings.